The Bertz CT molecular complexity index is 731. The van der Waals surface area contributed by atoms with Crippen LogP contribution in [-0.4, -0.2) is 29.1 Å². The average molecular weight is 311 g/mol. The molecule has 1 atom stereocenters. The van der Waals surface area contributed by atoms with Crippen LogP contribution in [0.15, 0.2) is 30.7 Å². The van der Waals surface area contributed by atoms with Gasteiger partial charge in [-0.05, 0) is 48.6 Å². The van der Waals surface area contributed by atoms with Crippen molar-refractivity contribution in [2.75, 3.05) is 18.0 Å². The first kappa shape index (κ1) is 15.4. The van der Waals surface area contributed by atoms with Crippen molar-refractivity contribution in [1.29, 1.82) is 0 Å². The van der Waals surface area contributed by atoms with Crippen LogP contribution in [0.2, 0.25) is 0 Å². The molecule has 1 aliphatic heterocycles. The number of urea groups is 1. The van der Waals surface area contributed by atoms with Crippen LogP contribution in [-0.2, 0) is 6.42 Å². The molecule has 0 radical (unpaired) electrons. The van der Waals surface area contributed by atoms with Crippen molar-refractivity contribution in [3.8, 4) is 11.1 Å². The number of anilines is 1. The second-order valence-corrected chi connectivity index (χ2v) is 5.94. The summed E-state index contributed by atoms with van der Waals surface area (Å²) in [5, 5.41) is 0. The molecule has 0 bridgehead atoms. The minimum Gasteiger partial charge on any atom is -0.351 e. The van der Waals surface area contributed by atoms with Gasteiger partial charge in [-0.1, -0.05) is 6.92 Å². The predicted molar refractivity (Wildman–Crippen MR) is 90.2 cm³/mol. The predicted octanol–water partition coefficient (Wildman–Crippen LogP) is 2.04. The van der Waals surface area contributed by atoms with E-state index >= 15 is 0 Å². The lowest BCUT2D eigenvalue weighted by Gasteiger charge is -2.26. The first-order valence-electron chi connectivity index (χ1n) is 7.81. The number of hydrogen-bond donors (Lipinski definition) is 2. The highest BCUT2D eigenvalue weighted by molar-refractivity contribution is 5.91. The number of nitrogens with zero attached hydrogens (tertiary/aromatic N) is 3. The quantitative estimate of drug-likeness (QED) is 0.906. The van der Waals surface area contributed by atoms with Crippen molar-refractivity contribution in [2.24, 2.45) is 11.5 Å². The third kappa shape index (κ3) is 3.03. The SMILES string of the molecule is CC(CN)c1cncc(-c2cnc3c(c2)CCCN3C(N)=O)c1. The van der Waals surface area contributed by atoms with Gasteiger partial charge in [0.1, 0.15) is 5.82 Å². The minimum absolute atomic E-state index is 0.262. The Kier molecular flexibility index (Phi) is 4.25. The van der Waals surface area contributed by atoms with E-state index in [0.717, 1.165) is 35.1 Å². The number of carbonyl (C=O) groups is 1. The summed E-state index contributed by atoms with van der Waals surface area (Å²) in [4.78, 5) is 21.8. The summed E-state index contributed by atoms with van der Waals surface area (Å²) in [6.07, 6.45) is 7.23. The van der Waals surface area contributed by atoms with E-state index in [2.05, 4.69) is 29.0 Å². The van der Waals surface area contributed by atoms with E-state index in [1.165, 1.54) is 4.90 Å². The van der Waals surface area contributed by atoms with Crippen molar-refractivity contribution >= 4 is 11.8 Å². The van der Waals surface area contributed by atoms with Crippen LogP contribution in [0.5, 0.6) is 0 Å². The lowest BCUT2D eigenvalue weighted by Crippen LogP contribution is -2.40. The highest BCUT2D eigenvalue weighted by Gasteiger charge is 2.22. The van der Waals surface area contributed by atoms with Crippen LogP contribution in [0.3, 0.4) is 0 Å². The zero-order valence-corrected chi connectivity index (χ0v) is 13.2. The van der Waals surface area contributed by atoms with Gasteiger partial charge in [0.2, 0.25) is 0 Å². The third-order valence-corrected chi connectivity index (χ3v) is 4.31. The number of fused-ring (bicyclic) bond motifs is 1. The normalized spacial score (nSPS) is 15.1. The molecule has 1 aliphatic rings. The van der Waals surface area contributed by atoms with Crippen molar-refractivity contribution in [1.82, 2.24) is 9.97 Å². The van der Waals surface area contributed by atoms with E-state index < -0.39 is 6.03 Å². The number of aryl methyl sites for hydroxylation is 1. The standard InChI is InChI=1S/C17H21N5O/c1-11(7-18)13-6-14(9-20-8-13)15-5-12-3-2-4-22(17(19)23)16(12)21-10-15/h5-6,8-11H,2-4,7,18H2,1H3,(H2,19,23). The Morgan fingerprint density at radius 3 is 2.83 bits per heavy atom. The van der Waals surface area contributed by atoms with Crippen molar-refractivity contribution in [3.05, 3.63) is 41.9 Å². The number of amides is 2. The van der Waals surface area contributed by atoms with Gasteiger partial charge >= 0.3 is 6.03 Å². The summed E-state index contributed by atoms with van der Waals surface area (Å²) in [7, 11) is 0. The number of pyridine rings is 2. The third-order valence-electron chi connectivity index (χ3n) is 4.31. The molecule has 6 heteroatoms. The second-order valence-electron chi connectivity index (χ2n) is 5.94. The molecular weight excluding hydrogens is 290 g/mol. The fraction of sp³-hybridized carbons (Fsp3) is 0.353. The van der Waals surface area contributed by atoms with E-state index in [-0.39, 0.29) is 5.92 Å². The maximum absolute atomic E-state index is 11.5. The summed E-state index contributed by atoms with van der Waals surface area (Å²) in [6.45, 7) is 3.29. The fourth-order valence-electron chi connectivity index (χ4n) is 2.86. The summed E-state index contributed by atoms with van der Waals surface area (Å²) in [5.74, 6) is 0.935. The topological polar surface area (TPSA) is 98.1 Å². The molecule has 0 aliphatic carbocycles. The fourth-order valence-corrected chi connectivity index (χ4v) is 2.86. The first-order chi connectivity index (χ1) is 11.1. The number of carbonyl (C=O) groups excluding carboxylic acids is 1. The zero-order chi connectivity index (χ0) is 16.4. The van der Waals surface area contributed by atoms with Gasteiger partial charge in [0.25, 0.3) is 0 Å². The Morgan fingerprint density at radius 1 is 1.30 bits per heavy atom. The Morgan fingerprint density at radius 2 is 2.09 bits per heavy atom. The number of aromatic nitrogens is 2. The van der Waals surface area contributed by atoms with Crippen LogP contribution in [0.4, 0.5) is 10.6 Å². The molecule has 2 aromatic rings. The molecule has 0 saturated heterocycles. The van der Waals surface area contributed by atoms with Gasteiger partial charge in [-0.2, -0.15) is 0 Å². The maximum atomic E-state index is 11.5. The number of rotatable bonds is 3. The van der Waals surface area contributed by atoms with Crippen LogP contribution >= 0.6 is 0 Å². The average Bonchev–Trinajstić information content (AvgIpc) is 2.60. The van der Waals surface area contributed by atoms with E-state index in [1.54, 1.807) is 6.20 Å². The molecule has 0 saturated carbocycles. The molecule has 0 aromatic carbocycles. The Labute approximate surface area is 135 Å². The lowest BCUT2D eigenvalue weighted by molar-refractivity contribution is 0.253. The summed E-state index contributed by atoms with van der Waals surface area (Å²) in [5.41, 5.74) is 15.3. The highest BCUT2D eigenvalue weighted by Crippen LogP contribution is 2.30. The molecule has 2 aromatic heterocycles. The van der Waals surface area contributed by atoms with E-state index in [9.17, 15) is 4.79 Å². The molecule has 23 heavy (non-hydrogen) atoms. The molecule has 3 rings (SSSR count). The minimum atomic E-state index is -0.452. The van der Waals surface area contributed by atoms with Gasteiger partial charge in [0, 0.05) is 36.3 Å². The molecular formula is C17H21N5O. The molecule has 4 N–H and O–H groups in total. The largest absolute Gasteiger partial charge is 0.351 e. The second kappa shape index (κ2) is 6.34. The van der Waals surface area contributed by atoms with E-state index in [1.807, 2.05) is 12.4 Å². The maximum Gasteiger partial charge on any atom is 0.320 e. The van der Waals surface area contributed by atoms with Crippen LogP contribution in [0.1, 0.15) is 30.4 Å². The van der Waals surface area contributed by atoms with Crippen molar-refractivity contribution < 1.29 is 4.79 Å². The number of primary amides is 1. The number of hydrogen-bond acceptors (Lipinski definition) is 4. The van der Waals surface area contributed by atoms with E-state index in [0.29, 0.717) is 18.9 Å². The molecule has 3 heterocycles. The van der Waals surface area contributed by atoms with Crippen molar-refractivity contribution in [2.45, 2.75) is 25.7 Å². The van der Waals surface area contributed by atoms with Gasteiger partial charge in [-0.3, -0.25) is 9.88 Å². The summed E-state index contributed by atoms with van der Waals surface area (Å²) in [6, 6.07) is 3.72. The Hall–Kier alpha value is -2.47. The molecule has 0 spiro atoms. The van der Waals surface area contributed by atoms with Crippen LogP contribution < -0.4 is 16.4 Å². The van der Waals surface area contributed by atoms with Crippen molar-refractivity contribution in [3.63, 3.8) is 0 Å². The van der Waals surface area contributed by atoms with Gasteiger partial charge in [-0.15, -0.1) is 0 Å². The Balaban J connectivity index is 1.98. The smallest absolute Gasteiger partial charge is 0.320 e. The lowest BCUT2D eigenvalue weighted by atomic mass is 9.97. The monoisotopic (exact) mass is 311 g/mol. The van der Waals surface area contributed by atoms with Crippen LogP contribution in [0, 0.1) is 0 Å². The summed E-state index contributed by atoms with van der Waals surface area (Å²) >= 11 is 0. The molecule has 6 nitrogen and oxygen atoms in total. The highest BCUT2D eigenvalue weighted by atomic mass is 16.2. The van der Waals surface area contributed by atoms with Crippen LogP contribution in [0.25, 0.3) is 11.1 Å². The van der Waals surface area contributed by atoms with Gasteiger partial charge in [0.05, 0.1) is 0 Å². The van der Waals surface area contributed by atoms with Gasteiger partial charge in [-0.25, -0.2) is 9.78 Å². The summed E-state index contributed by atoms with van der Waals surface area (Å²) < 4.78 is 0. The van der Waals surface area contributed by atoms with Gasteiger partial charge < -0.3 is 11.5 Å². The van der Waals surface area contributed by atoms with E-state index in [4.69, 9.17) is 11.5 Å². The zero-order valence-electron chi connectivity index (χ0n) is 13.2. The molecule has 2 amide bonds. The first-order valence-corrected chi connectivity index (χ1v) is 7.81. The molecule has 120 valence electrons. The number of nitrogens with two attached hydrogens (primary N) is 2. The molecule has 0 fully saturated rings. The molecule has 1 unspecified atom stereocenters. The van der Waals surface area contributed by atoms with Gasteiger partial charge in [0.15, 0.2) is 0 Å².